The molecule has 1 N–H and O–H groups in total. The number of sulfonamides is 2. The van der Waals surface area contributed by atoms with Crippen molar-refractivity contribution in [1.29, 1.82) is 0 Å². The Kier molecular flexibility index (Phi) is 8.54. The molecule has 3 rings (SSSR count). The summed E-state index contributed by atoms with van der Waals surface area (Å²) >= 11 is 1.52. The van der Waals surface area contributed by atoms with Crippen molar-refractivity contribution in [1.82, 2.24) is 14.1 Å². The lowest BCUT2D eigenvalue weighted by atomic mass is 10.2. The quantitative estimate of drug-likeness (QED) is 0.391. The SMILES string of the molecule is CS(=O)(=O)N(NS(=O)(=O)c1ccccc1)[C@H](CCN1CCCC1)CSc1ccccc1. The van der Waals surface area contributed by atoms with Crippen molar-refractivity contribution >= 4 is 31.8 Å². The third-order valence-corrected chi connectivity index (χ3v) is 8.82. The van der Waals surface area contributed by atoms with Gasteiger partial charge in [0.2, 0.25) is 10.0 Å². The Morgan fingerprint density at radius 2 is 1.55 bits per heavy atom. The number of benzene rings is 2. The fourth-order valence-corrected chi connectivity index (χ4v) is 7.21. The first-order valence-electron chi connectivity index (χ1n) is 10.2. The molecule has 0 bridgehead atoms. The molecule has 7 nitrogen and oxygen atoms in total. The highest BCUT2D eigenvalue weighted by atomic mass is 32.2. The summed E-state index contributed by atoms with van der Waals surface area (Å²) in [6, 6.07) is 17.0. The standard InChI is InChI=1S/C21H29N3O4S3/c1-30(25,26)24(22-31(27,28)21-12-6-3-7-13-21)19(14-17-23-15-8-9-16-23)18-29-20-10-4-2-5-11-20/h2-7,10-13,19,22H,8-9,14-18H2,1H3/t19-/m1/s1. The lowest BCUT2D eigenvalue weighted by Crippen LogP contribution is -2.53. The fraction of sp³-hybridized carbons (Fsp3) is 0.429. The molecule has 1 heterocycles. The smallest absolute Gasteiger partial charge is 0.254 e. The molecule has 2 aromatic rings. The molecular weight excluding hydrogens is 454 g/mol. The van der Waals surface area contributed by atoms with E-state index < -0.39 is 26.1 Å². The molecule has 1 saturated heterocycles. The molecular formula is C21H29N3O4S3. The summed E-state index contributed by atoms with van der Waals surface area (Å²) in [5.41, 5.74) is 0. The van der Waals surface area contributed by atoms with Crippen LogP contribution in [0.2, 0.25) is 0 Å². The summed E-state index contributed by atoms with van der Waals surface area (Å²) in [6.45, 7) is 2.71. The summed E-state index contributed by atoms with van der Waals surface area (Å²) in [7, 11) is -7.88. The second kappa shape index (κ2) is 10.9. The predicted molar refractivity (Wildman–Crippen MR) is 125 cm³/mol. The van der Waals surface area contributed by atoms with Gasteiger partial charge in [0.25, 0.3) is 10.0 Å². The van der Waals surface area contributed by atoms with E-state index in [0.717, 1.165) is 48.0 Å². The minimum Gasteiger partial charge on any atom is -0.303 e. The second-order valence-electron chi connectivity index (χ2n) is 7.58. The van der Waals surface area contributed by atoms with Crippen molar-refractivity contribution in [3.8, 4) is 0 Å². The van der Waals surface area contributed by atoms with Crippen molar-refractivity contribution in [3.05, 3.63) is 60.7 Å². The number of hydrogen-bond acceptors (Lipinski definition) is 6. The van der Waals surface area contributed by atoms with Crippen LogP contribution in [-0.4, -0.2) is 63.8 Å². The van der Waals surface area contributed by atoms with Gasteiger partial charge in [0, 0.05) is 10.6 Å². The van der Waals surface area contributed by atoms with Crippen LogP contribution >= 0.6 is 11.8 Å². The third kappa shape index (κ3) is 7.30. The van der Waals surface area contributed by atoms with Gasteiger partial charge in [-0.2, -0.15) is 0 Å². The number of hydrogen-bond donors (Lipinski definition) is 1. The van der Waals surface area contributed by atoms with Gasteiger partial charge in [-0.05, 0) is 63.2 Å². The molecule has 1 aliphatic heterocycles. The molecule has 0 aliphatic carbocycles. The third-order valence-electron chi connectivity index (χ3n) is 5.12. The highest BCUT2D eigenvalue weighted by Crippen LogP contribution is 2.23. The van der Waals surface area contributed by atoms with Crippen molar-refractivity contribution < 1.29 is 16.8 Å². The van der Waals surface area contributed by atoms with Gasteiger partial charge in [0.05, 0.1) is 17.2 Å². The van der Waals surface area contributed by atoms with Crippen LogP contribution in [-0.2, 0) is 20.0 Å². The molecule has 170 valence electrons. The Hall–Kier alpha value is -1.43. The molecule has 0 amide bonds. The van der Waals surface area contributed by atoms with Crippen LogP contribution in [0.4, 0.5) is 0 Å². The summed E-state index contributed by atoms with van der Waals surface area (Å²) < 4.78 is 52.1. The zero-order chi connectivity index (χ0) is 22.3. The molecule has 0 aromatic heterocycles. The molecule has 1 fully saturated rings. The Morgan fingerprint density at radius 1 is 0.968 bits per heavy atom. The van der Waals surface area contributed by atoms with Crippen LogP contribution < -0.4 is 4.83 Å². The van der Waals surface area contributed by atoms with Gasteiger partial charge in [0.15, 0.2) is 0 Å². The largest absolute Gasteiger partial charge is 0.303 e. The van der Waals surface area contributed by atoms with E-state index in [1.165, 1.54) is 23.9 Å². The van der Waals surface area contributed by atoms with Crippen LogP contribution in [0.15, 0.2) is 70.5 Å². The first kappa shape index (κ1) is 24.2. The minimum atomic E-state index is -4.03. The minimum absolute atomic E-state index is 0.0256. The van der Waals surface area contributed by atoms with E-state index in [1.807, 2.05) is 30.3 Å². The molecule has 2 aromatic carbocycles. The fourth-order valence-electron chi connectivity index (χ4n) is 3.50. The highest BCUT2D eigenvalue weighted by Gasteiger charge is 2.32. The van der Waals surface area contributed by atoms with Crippen LogP contribution in [0.3, 0.4) is 0 Å². The van der Waals surface area contributed by atoms with Crippen molar-refractivity contribution in [3.63, 3.8) is 0 Å². The van der Waals surface area contributed by atoms with Gasteiger partial charge in [-0.1, -0.05) is 36.4 Å². The molecule has 1 atom stereocenters. The maximum atomic E-state index is 12.9. The molecule has 0 saturated carbocycles. The average molecular weight is 484 g/mol. The molecule has 1 aliphatic rings. The van der Waals surface area contributed by atoms with E-state index in [9.17, 15) is 16.8 Å². The normalized spacial score (nSPS) is 16.6. The van der Waals surface area contributed by atoms with E-state index in [2.05, 4.69) is 9.73 Å². The Labute approximate surface area is 189 Å². The van der Waals surface area contributed by atoms with E-state index in [0.29, 0.717) is 12.2 Å². The van der Waals surface area contributed by atoms with Gasteiger partial charge in [0.1, 0.15) is 0 Å². The van der Waals surface area contributed by atoms with Crippen molar-refractivity contribution in [2.45, 2.75) is 35.1 Å². The number of thioether (sulfide) groups is 1. The number of hydrazine groups is 1. The highest BCUT2D eigenvalue weighted by molar-refractivity contribution is 7.99. The number of nitrogens with one attached hydrogen (secondary N) is 1. The average Bonchev–Trinajstić information content (AvgIpc) is 3.27. The topological polar surface area (TPSA) is 86.8 Å². The molecule has 31 heavy (non-hydrogen) atoms. The van der Waals surface area contributed by atoms with Gasteiger partial charge >= 0.3 is 0 Å². The summed E-state index contributed by atoms with van der Waals surface area (Å²) in [6.07, 6.45) is 3.85. The maximum absolute atomic E-state index is 12.9. The first-order valence-corrected chi connectivity index (χ1v) is 14.5. The lowest BCUT2D eigenvalue weighted by Gasteiger charge is -2.30. The van der Waals surface area contributed by atoms with Crippen LogP contribution in [0.25, 0.3) is 0 Å². The van der Waals surface area contributed by atoms with E-state index in [-0.39, 0.29) is 4.90 Å². The van der Waals surface area contributed by atoms with Gasteiger partial charge < -0.3 is 4.90 Å². The molecule has 0 radical (unpaired) electrons. The van der Waals surface area contributed by atoms with Crippen LogP contribution in [0.1, 0.15) is 19.3 Å². The Bertz CT molecular complexity index is 1030. The van der Waals surface area contributed by atoms with Crippen molar-refractivity contribution in [2.24, 2.45) is 0 Å². The van der Waals surface area contributed by atoms with E-state index in [1.54, 1.807) is 18.2 Å². The number of rotatable bonds is 11. The monoisotopic (exact) mass is 483 g/mol. The Morgan fingerprint density at radius 3 is 2.13 bits per heavy atom. The first-order chi connectivity index (χ1) is 14.8. The van der Waals surface area contributed by atoms with E-state index in [4.69, 9.17) is 0 Å². The van der Waals surface area contributed by atoms with Crippen LogP contribution in [0, 0.1) is 0 Å². The lowest BCUT2D eigenvalue weighted by molar-refractivity contribution is 0.254. The summed E-state index contributed by atoms with van der Waals surface area (Å²) in [5.74, 6) is 0.433. The van der Waals surface area contributed by atoms with Crippen molar-refractivity contribution in [2.75, 3.05) is 31.6 Å². The zero-order valence-electron chi connectivity index (χ0n) is 17.6. The van der Waals surface area contributed by atoms with E-state index >= 15 is 0 Å². The summed E-state index contributed by atoms with van der Waals surface area (Å²) in [4.78, 5) is 5.68. The zero-order valence-corrected chi connectivity index (χ0v) is 20.0. The number of nitrogens with zero attached hydrogens (tertiary/aromatic N) is 2. The number of likely N-dealkylation sites (tertiary alicyclic amines) is 1. The Balaban J connectivity index is 1.82. The molecule has 0 unspecified atom stereocenters. The van der Waals surface area contributed by atoms with Gasteiger partial charge in [-0.3, -0.25) is 0 Å². The molecule has 10 heteroatoms. The summed E-state index contributed by atoms with van der Waals surface area (Å²) in [5, 5.41) is 0. The molecule has 0 spiro atoms. The van der Waals surface area contributed by atoms with Gasteiger partial charge in [-0.25, -0.2) is 16.8 Å². The van der Waals surface area contributed by atoms with Crippen LogP contribution in [0.5, 0.6) is 0 Å². The van der Waals surface area contributed by atoms with Gasteiger partial charge in [-0.15, -0.1) is 21.0 Å². The maximum Gasteiger partial charge on any atom is 0.254 e. The predicted octanol–water partition coefficient (Wildman–Crippen LogP) is 2.79. The second-order valence-corrected chi connectivity index (χ2v) is 12.2.